The van der Waals surface area contributed by atoms with Gasteiger partial charge in [-0.15, -0.1) is 0 Å². The van der Waals surface area contributed by atoms with E-state index in [1.165, 1.54) is 0 Å². The van der Waals surface area contributed by atoms with Gasteiger partial charge in [-0.2, -0.15) is 5.26 Å². The zero-order valence-corrected chi connectivity index (χ0v) is 17.9. The van der Waals surface area contributed by atoms with Crippen LogP contribution in [0.25, 0.3) is 0 Å². The topological polar surface area (TPSA) is 63.0 Å². The predicted octanol–water partition coefficient (Wildman–Crippen LogP) is 5.80. The first-order valence-corrected chi connectivity index (χ1v) is 10.4. The highest BCUT2D eigenvalue weighted by atomic mass is 35.5. The van der Waals surface area contributed by atoms with Crippen molar-refractivity contribution in [3.05, 3.63) is 136 Å². The molecule has 0 amide bonds. The van der Waals surface area contributed by atoms with Crippen molar-refractivity contribution in [2.45, 2.75) is 5.41 Å². The minimum atomic E-state index is -0.761. The Morgan fingerprint density at radius 1 is 0.844 bits per heavy atom. The molecule has 1 aromatic heterocycles. The van der Waals surface area contributed by atoms with Crippen molar-refractivity contribution < 1.29 is 9.53 Å². The lowest BCUT2D eigenvalue weighted by Gasteiger charge is -2.37. The van der Waals surface area contributed by atoms with E-state index in [9.17, 15) is 4.79 Å². The van der Waals surface area contributed by atoms with E-state index in [0.717, 1.165) is 22.3 Å². The maximum absolute atomic E-state index is 12.2. The van der Waals surface area contributed by atoms with Crippen molar-refractivity contribution in [2.24, 2.45) is 0 Å². The second kappa shape index (κ2) is 9.47. The van der Waals surface area contributed by atoms with Crippen molar-refractivity contribution in [2.75, 3.05) is 6.61 Å². The summed E-state index contributed by atoms with van der Waals surface area (Å²) in [5, 5.41) is 9.28. The smallest absolute Gasteiger partial charge is 0.357 e. The van der Waals surface area contributed by atoms with Crippen LogP contribution in [0.3, 0.4) is 0 Å². The molecule has 4 aromatic rings. The molecule has 0 aliphatic carbocycles. The summed E-state index contributed by atoms with van der Waals surface area (Å²) in [7, 11) is 0. The van der Waals surface area contributed by atoms with E-state index in [2.05, 4.69) is 29.2 Å². The summed E-state index contributed by atoms with van der Waals surface area (Å²) in [5.41, 5.74) is 3.16. The van der Waals surface area contributed by atoms with Gasteiger partial charge in [-0.05, 0) is 34.4 Å². The lowest BCUT2D eigenvalue weighted by Crippen LogP contribution is -2.31. The molecule has 0 N–H and O–H groups in total. The molecule has 0 spiro atoms. The molecule has 3 aromatic carbocycles. The first-order valence-electron chi connectivity index (χ1n) is 10.0. The Balaban J connectivity index is 1.99. The fourth-order valence-electron chi connectivity index (χ4n) is 4.02. The maximum atomic E-state index is 12.2. The van der Waals surface area contributed by atoms with Crippen LogP contribution in [-0.2, 0) is 10.2 Å². The Kier molecular flexibility index (Phi) is 6.30. The van der Waals surface area contributed by atoms with Crippen LogP contribution in [0.5, 0.6) is 0 Å². The van der Waals surface area contributed by atoms with Gasteiger partial charge in [-0.25, -0.2) is 9.78 Å². The number of esters is 1. The second-order valence-corrected chi connectivity index (χ2v) is 7.54. The Morgan fingerprint density at radius 2 is 1.44 bits per heavy atom. The Bertz CT molecular complexity index is 1210. The third kappa shape index (κ3) is 3.87. The number of nitriles is 1. The molecule has 32 heavy (non-hydrogen) atoms. The molecule has 0 aliphatic rings. The van der Waals surface area contributed by atoms with E-state index >= 15 is 0 Å². The van der Waals surface area contributed by atoms with Gasteiger partial charge in [0.25, 0.3) is 0 Å². The molecular formula is C27H19ClN2O2. The third-order valence-electron chi connectivity index (χ3n) is 5.36. The van der Waals surface area contributed by atoms with E-state index in [1.807, 2.05) is 66.7 Å². The highest BCUT2D eigenvalue weighted by Gasteiger charge is 2.40. The summed E-state index contributed by atoms with van der Waals surface area (Å²) >= 11 is 6.77. The maximum Gasteiger partial charge on any atom is 0.357 e. The SMILES string of the molecule is N#CCOC(=O)c1ccc(C(c2ccccc2)(c2ccccc2)c2ccccc2Cl)cn1. The first-order chi connectivity index (χ1) is 15.7. The van der Waals surface area contributed by atoms with Crippen LogP contribution in [0.2, 0.25) is 5.02 Å². The molecule has 0 atom stereocenters. The van der Waals surface area contributed by atoms with Gasteiger partial charge in [0.2, 0.25) is 0 Å². The van der Waals surface area contributed by atoms with Crippen LogP contribution in [-0.4, -0.2) is 17.6 Å². The van der Waals surface area contributed by atoms with Crippen LogP contribution >= 0.6 is 11.6 Å². The molecule has 156 valence electrons. The van der Waals surface area contributed by atoms with Crippen LogP contribution in [0, 0.1) is 11.3 Å². The molecular weight excluding hydrogens is 420 g/mol. The lowest BCUT2D eigenvalue weighted by atomic mass is 9.65. The van der Waals surface area contributed by atoms with Gasteiger partial charge in [0.1, 0.15) is 11.8 Å². The molecule has 0 bridgehead atoms. The van der Waals surface area contributed by atoms with Crippen LogP contribution in [0.4, 0.5) is 0 Å². The molecule has 0 saturated carbocycles. The summed E-state index contributed by atoms with van der Waals surface area (Å²) in [6, 6.07) is 33.2. The summed E-state index contributed by atoms with van der Waals surface area (Å²) in [6.45, 7) is -0.320. The van der Waals surface area contributed by atoms with Gasteiger partial charge in [0.15, 0.2) is 6.61 Å². The first kappa shape index (κ1) is 21.3. The number of carbonyl (C=O) groups excluding carboxylic acids is 1. The fourth-order valence-corrected chi connectivity index (χ4v) is 4.29. The average molecular weight is 439 g/mol. The summed E-state index contributed by atoms with van der Waals surface area (Å²) in [4.78, 5) is 16.5. The van der Waals surface area contributed by atoms with Crippen LogP contribution in [0.15, 0.2) is 103 Å². The fraction of sp³-hybridized carbons (Fsp3) is 0.0741. The summed E-state index contributed by atoms with van der Waals surface area (Å²) in [6.07, 6.45) is 1.67. The van der Waals surface area contributed by atoms with Crippen LogP contribution in [0.1, 0.15) is 32.7 Å². The Morgan fingerprint density at radius 3 is 1.97 bits per heavy atom. The number of rotatable bonds is 6. The summed E-state index contributed by atoms with van der Waals surface area (Å²) < 4.78 is 4.89. The molecule has 4 rings (SSSR count). The number of carbonyl (C=O) groups is 1. The monoisotopic (exact) mass is 438 g/mol. The minimum absolute atomic E-state index is 0.137. The second-order valence-electron chi connectivity index (χ2n) is 7.13. The van der Waals surface area contributed by atoms with Crippen molar-refractivity contribution in [1.29, 1.82) is 5.26 Å². The van der Waals surface area contributed by atoms with E-state index < -0.39 is 11.4 Å². The van der Waals surface area contributed by atoms with Crippen molar-refractivity contribution in [3.63, 3.8) is 0 Å². The lowest BCUT2D eigenvalue weighted by molar-refractivity contribution is 0.0548. The molecule has 0 radical (unpaired) electrons. The van der Waals surface area contributed by atoms with Crippen molar-refractivity contribution in [1.82, 2.24) is 4.98 Å². The largest absolute Gasteiger partial charge is 0.446 e. The van der Waals surface area contributed by atoms with Gasteiger partial charge >= 0.3 is 5.97 Å². The number of hydrogen-bond acceptors (Lipinski definition) is 4. The molecule has 4 nitrogen and oxygen atoms in total. The highest BCUT2D eigenvalue weighted by Crippen LogP contribution is 2.47. The number of halogens is 1. The van der Waals surface area contributed by atoms with Gasteiger partial charge < -0.3 is 4.74 Å². The number of pyridine rings is 1. The van der Waals surface area contributed by atoms with Gasteiger partial charge in [-0.1, -0.05) is 96.5 Å². The van der Waals surface area contributed by atoms with Gasteiger partial charge in [0, 0.05) is 11.2 Å². The number of hydrogen-bond donors (Lipinski definition) is 0. The third-order valence-corrected chi connectivity index (χ3v) is 5.69. The number of ether oxygens (including phenoxy) is 1. The normalized spacial score (nSPS) is 10.9. The standard InChI is InChI=1S/C27H19ClN2O2/c28-24-14-8-7-13-23(24)27(20-9-3-1-4-10-20,21-11-5-2-6-12-21)22-15-16-25(30-19-22)26(31)32-18-17-29/h1-16,19H,18H2. The zero-order valence-electron chi connectivity index (χ0n) is 17.1. The molecule has 0 saturated heterocycles. The van der Waals surface area contributed by atoms with E-state index in [1.54, 1.807) is 18.3 Å². The Labute approximate surface area is 191 Å². The molecule has 0 unspecified atom stereocenters. The van der Waals surface area contributed by atoms with Crippen LogP contribution < -0.4 is 0 Å². The molecule has 0 fully saturated rings. The van der Waals surface area contributed by atoms with E-state index in [0.29, 0.717) is 5.02 Å². The quantitative estimate of drug-likeness (QED) is 0.282. The zero-order chi connectivity index (χ0) is 22.4. The van der Waals surface area contributed by atoms with Gasteiger partial charge in [-0.3, -0.25) is 0 Å². The molecule has 0 aliphatic heterocycles. The van der Waals surface area contributed by atoms with Crippen molar-refractivity contribution >= 4 is 17.6 Å². The van der Waals surface area contributed by atoms with Gasteiger partial charge in [0.05, 0.1) is 5.41 Å². The number of benzene rings is 3. The Hall–Kier alpha value is -3.94. The molecule has 5 heteroatoms. The highest BCUT2D eigenvalue weighted by molar-refractivity contribution is 6.31. The van der Waals surface area contributed by atoms with E-state index in [-0.39, 0.29) is 12.3 Å². The minimum Gasteiger partial charge on any atom is -0.446 e. The molecule has 1 heterocycles. The van der Waals surface area contributed by atoms with E-state index in [4.69, 9.17) is 21.6 Å². The average Bonchev–Trinajstić information content (AvgIpc) is 2.86. The van der Waals surface area contributed by atoms with Crippen molar-refractivity contribution in [3.8, 4) is 6.07 Å². The number of nitrogens with zero attached hydrogens (tertiary/aromatic N) is 2. The predicted molar refractivity (Wildman–Crippen MR) is 123 cm³/mol. The number of aromatic nitrogens is 1. The summed E-state index contributed by atoms with van der Waals surface area (Å²) in [5.74, 6) is -0.638.